The molecule has 0 saturated carbocycles. The first-order valence-electron chi connectivity index (χ1n) is 7.04. The number of benzene rings is 1. The van der Waals surface area contributed by atoms with Crippen LogP contribution in [0.25, 0.3) is 11.4 Å². The smallest absolute Gasteiger partial charge is 0.270 e. The van der Waals surface area contributed by atoms with Crippen LogP contribution in [0.15, 0.2) is 28.8 Å². The SMILES string of the molecule is CCN(CC)C(=S)SCc1nc(-c2cccc([N+](=O)[O-])c2)no1. The molecule has 1 aromatic carbocycles. The molecule has 9 heteroatoms. The molecule has 0 spiro atoms. The zero-order valence-corrected chi connectivity index (χ0v) is 14.4. The van der Waals surface area contributed by atoms with Crippen LogP contribution in [-0.2, 0) is 5.75 Å². The van der Waals surface area contributed by atoms with E-state index in [2.05, 4.69) is 15.0 Å². The third-order valence-electron chi connectivity index (χ3n) is 3.12. The van der Waals surface area contributed by atoms with Crippen LogP contribution >= 0.6 is 24.0 Å². The van der Waals surface area contributed by atoms with Crippen molar-refractivity contribution >= 4 is 34.0 Å². The Kier molecular flexibility index (Phi) is 6.05. The second-order valence-corrected chi connectivity index (χ2v) is 6.16. The Hall–Kier alpha value is -2.00. The van der Waals surface area contributed by atoms with Gasteiger partial charge in [0.15, 0.2) is 0 Å². The van der Waals surface area contributed by atoms with Gasteiger partial charge in [-0.3, -0.25) is 10.1 Å². The van der Waals surface area contributed by atoms with Gasteiger partial charge in [0.2, 0.25) is 11.7 Å². The summed E-state index contributed by atoms with van der Waals surface area (Å²) >= 11 is 6.80. The Labute approximate surface area is 143 Å². The zero-order valence-electron chi connectivity index (χ0n) is 12.8. The first-order valence-corrected chi connectivity index (χ1v) is 8.43. The summed E-state index contributed by atoms with van der Waals surface area (Å²) in [5.41, 5.74) is 0.538. The summed E-state index contributed by atoms with van der Waals surface area (Å²) in [6.07, 6.45) is 0. The molecule has 0 aliphatic rings. The number of thioether (sulfide) groups is 1. The lowest BCUT2D eigenvalue weighted by Gasteiger charge is -2.20. The lowest BCUT2D eigenvalue weighted by molar-refractivity contribution is -0.384. The van der Waals surface area contributed by atoms with Crippen LogP contribution in [0.4, 0.5) is 5.69 Å². The average molecular weight is 352 g/mol. The third kappa shape index (κ3) is 4.49. The van der Waals surface area contributed by atoms with E-state index in [0.29, 0.717) is 23.0 Å². The molecule has 0 fully saturated rings. The number of nitrogens with zero attached hydrogens (tertiary/aromatic N) is 4. The number of nitro benzene ring substituents is 1. The first-order chi connectivity index (χ1) is 11.0. The monoisotopic (exact) mass is 352 g/mol. The molecule has 0 N–H and O–H groups in total. The summed E-state index contributed by atoms with van der Waals surface area (Å²) in [5, 5.41) is 14.7. The highest BCUT2D eigenvalue weighted by Crippen LogP contribution is 2.23. The maximum Gasteiger partial charge on any atom is 0.270 e. The van der Waals surface area contributed by atoms with E-state index in [1.54, 1.807) is 12.1 Å². The standard InChI is InChI=1S/C14H16N4O3S2/c1-3-17(4-2)14(22)23-9-12-15-13(16-21-12)10-6-5-7-11(8-10)18(19)20/h5-8H,3-4,9H2,1-2H3. The van der Waals surface area contributed by atoms with Crippen LogP contribution in [0.3, 0.4) is 0 Å². The summed E-state index contributed by atoms with van der Waals surface area (Å²) in [6.45, 7) is 5.79. The normalized spacial score (nSPS) is 10.5. The van der Waals surface area contributed by atoms with Gasteiger partial charge >= 0.3 is 0 Å². The fraction of sp³-hybridized carbons (Fsp3) is 0.357. The summed E-state index contributed by atoms with van der Waals surface area (Å²) in [4.78, 5) is 16.7. The molecule has 122 valence electrons. The highest BCUT2D eigenvalue weighted by Gasteiger charge is 2.14. The Morgan fingerprint density at radius 3 is 2.83 bits per heavy atom. The van der Waals surface area contributed by atoms with E-state index in [1.807, 2.05) is 13.8 Å². The van der Waals surface area contributed by atoms with E-state index in [0.717, 1.165) is 17.4 Å². The summed E-state index contributed by atoms with van der Waals surface area (Å²) in [6, 6.07) is 6.13. The quantitative estimate of drug-likeness (QED) is 0.443. The fourth-order valence-electron chi connectivity index (χ4n) is 1.89. The van der Waals surface area contributed by atoms with E-state index < -0.39 is 4.92 Å². The molecule has 2 aromatic rings. The molecule has 0 radical (unpaired) electrons. The van der Waals surface area contributed by atoms with Crippen molar-refractivity contribution in [1.29, 1.82) is 0 Å². The lowest BCUT2D eigenvalue weighted by Crippen LogP contribution is -2.26. The van der Waals surface area contributed by atoms with Crippen LogP contribution in [0.1, 0.15) is 19.7 Å². The molecular formula is C14H16N4O3S2. The van der Waals surface area contributed by atoms with Gasteiger partial charge in [-0.15, -0.1) is 0 Å². The average Bonchev–Trinajstić information content (AvgIpc) is 3.03. The number of hydrogen-bond acceptors (Lipinski definition) is 7. The summed E-state index contributed by atoms with van der Waals surface area (Å²) in [5.74, 6) is 1.24. The second-order valence-electron chi connectivity index (χ2n) is 4.55. The predicted molar refractivity (Wildman–Crippen MR) is 93.2 cm³/mol. The molecule has 0 aliphatic carbocycles. The Bertz CT molecular complexity index is 701. The van der Waals surface area contributed by atoms with Gasteiger partial charge in [0.05, 0.1) is 10.7 Å². The lowest BCUT2D eigenvalue weighted by atomic mass is 10.2. The van der Waals surface area contributed by atoms with Crippen molar-refractivity contribution in [1.82, 2.24) is 15.0 Å². The van der Waals surface area contributed by atoms with Crippen molar-refractivity contribution in [3.63, 3.8) is 0 Å². The number of aromatic nitrogens is 2. The summed E-state index contributed by atoms with van der Waals surface area (Å²) < 4.78 is 5.97. The van der Waals surface area contributed by atoms with Crippen molar-refractivity contribution in [3.8, 4) is 11.4 Å². The number of nitro groups is 1. The molecule has 0 atom stereocenters. The molecular weight excluding hydrogens is 336 g/mol. The van der Waals surface area contributed by atoms with Crippen LogP contribution < -0.4 is 0 Å². The first kappa shape index (κ1) is 17.4. The minimum Gasteiger partial charge on any atom is -0.358 e. The minimum atomic E-state index is -0.455. The molecule has 23 heavy (non-hydrogen) atoms. The van der Waals surface area contributed by atoms with Gasteiger partial charge in [-0.1, -0.05) is 41.3 Å². The van der Waals surface area contributed by atoms with Gasteiger partial charge < -0.3 is 9.42 Å². The number of hydrogen-bond donors (Lipinski definition) is 0. The molecule has 0 bridgehead atoms. The molecule has 1 aromatic heterocycles. The topological polar surface area (TPSA) is 85.3 Å². The van der Waals surface area contributed by atoms with Gasteiger partial charge in [0, 0.05) is 30.8 Å². The van der Waals surface area contributed by atoms with Crippen LogP contribution in [0, 0.1) is 10.1 Å². The molecule has 0 saturated heterocycles. The van der Waals surface area contributed by atoms with Gasteiger partial charge in [-0.2, -0.15) is 4.98 Å². The predicted octanol–water partition coefficient (Wildman–Crippen LogP) is 3.50. The van der Waals surface area contributed by atoms with Crippen molar-refractivity contribution in [3.05, 3.63) is 40.3 Å². The molecule has 7 nitrogen and oxygen atoms in total. The van der Waals surface area contributed by atoms with Crippen molar-refractivity contribution in [2.24, 2.45) is 0 Å². The van der Waals surface area contributed by atoms with E-state index in [-0.39, 0.29) is 5.69 Å². The maximum atomic E-state index is 10.8. The van der Waals surface area contributed by atoms with E-state index >= 15 is 0 Å². The molecule has 2 rings (SSSR count). The van der Waals surface area contributed by atoms with Gasteiger partial charge in [0.1, 0.15) is 4.32 Å². The van der Waals surface area contributed by atoms with Crippen LogP contribution in [-0.4, -0.2) is 37.4 Å². The highest BCUT2D eigenvalue weighted by molar-refractivity contribution is 8.22. The summed E-state index contributed by atoms with van der Waals surface area (Å²) in [7, 11) is 0. The van der Waals surface area contributed by atoms with E-state index in [4.69, 9.17) is 16.7 Å². The van der Waals surface area contributed by atoms with Crippen LogP contribution in [0.2, 0.25) is 0 Å². The van der Waals surface area contributed by atoms with Crippen molar-refractivity contribution in [2.45, 2.75) is 19.6 Å². The number of rotatable bonds is 6. The molecule has 1 heterocycles. The van der Waals surface area contributed by atoms with Crippen molar-refractivity contribution < 1.29 is 9.45 Å². The number of non-ortho nitro benzene ring substituents is 1. The third-order valence-corrected chi connectivity index (χ3v) is 4.63. The minimum absolute atomic E-state index is 0.00839. The van der Waals surface area contributed by atoms with E-state index in [1.165, 1.54) is 23.9 Å². The Morgan fingerprint density at radius 1 is 1.43 bits per heavy atom. The van der Waals surface area contributed by atoms with Gasteiger partial charge in [-0.05, 0) is 13.8 Å². The number of thiocarbonyl (C=S) groups is 1. The van der Waals surface area contributed by atoms with Gasteiger partial charge in [-0.25, -0.2) is 0 Å². The fourth-order valence-corrected chi connectivity index (χ4v) is 3.13. The second kappa shape index (κ2) is 8.02. The van der Waals surface area contributed by atoms with Crippen LogP contribution in [0.5, 0.6) is 0 Å². The van der Waals surface area contributed by atoms with Crippen molar-refractivity contribution in [2.75, 3.05) is 13.1 Å². The molecule has 0 aliphatic heterocycles. The Morgan fingerprint density at radius 2 is 2.17 bits per heavy atom. The highest BCUT2D eigenvalue weighted by atomic mass is 32.2. The van der Waals surface area contributed by atoms with E-state index in [9.17, 15) is 10.1 Å². The molecule has 0 amide bonds. The largest absolute Gasteiger partial charge is 0.358 e. The zero-order chi connectivity index (χ0) is 16.8. The molecule has 0 unspecified atom stereocenters. The van der Waals surface area contributed by atoms with Gasteiger partial charge in [0.25, 0.3) is 5.69 Å². The Balaban J connectivity index is 2.05. The maximum absolute atomic E-state index is 10.8.